The van der Waals surface area contributed by atoms with Gasteiger partial charge in [-0.2, -0.15) is 0 Å². The van der Waals surface area contributed by atoms with E-state index in [1.165, 1.54) is 0 Å². The molecule has 2 aromatic carbocycles. The van der Waals surface area contributed by atoms with Crippen LogP contribution in [-0.4, -0.2) is 37.1 Å². The summed E-state index contributed by atoms with van der Waals surface area (Å²) in [5.74, 6) is -0.0274. The summed E-state index contributed by atoms with van der Waals surface area (Å²) >= 11 is 0. The Kier molecular flexibility index (Phi) is 5.28. The third-order valence-electron chi connectivity index (χ3n) is 5.07. The van der Waals surface area contributed by atoms with Gasteiger partial charge in [-0.25, -0.2) is 9.59 Å². The molecule has 1 N–H and O–H groups in total. The number of amides is 1. The molecule has 2 aromatic rings. The Bertz CT molecular complexity index is 984. The molecular weight excluding hydrogens is 386 g/mol. The highest BCUT2D eigenvalue weighted by atomic mass is 16.7. The Morgan fingerprint density at radius 3 is 2.70 bits per heavy atom. The lowest BCUT2D eigenvalue weighted by Gasteiger charge is -2.32. The van der Waals surface area contributed by atoms with Crippen LogP contribution in [-0.2, 0) is 15.9 Å². The highest BCUT2D eigenvalue weighted by Crippen LogP contribution is 2.37. The van der Waals surface area contributed by atoms with Crippen molar-refractivity contribution in [1.29, 1.82) is 0 Å². The molecule has 0 saturated carbocycles. The van der Waals surface area contributed by atoms with E-state index in [9.17, 15) is 9.59 Å². The number of nitrogens with one attached hydrogen (secondary N) is 1. The molecule has 2 aliphatic rings. The first-order chi connectivity index (χ1) is 14.3. The van der Waals surface area contributed by atoms with Crippen LogP contribution in [0.2, 0.25) is 0 Å². The zero-order valence-electron chi connectivity index (χ0n) is 17.3. The van der Waals surface area contributed by atoms with E-state index in [1.54, 1.807) is 26.8 Å². The van der Waals surface area contributed by atoms with Gasteiger partial charge in [-0.05, 0) is 60.7 Å². The molecule has 0 spiro atoms. The predicted octanol–water partition coefficient (Wildman–Crippen LogP) is 4.08. The van der Waals surface area contributed by atoms with Crippen LogP contribution >= 0.6 is 0 Å². The molecule has 0 unspecified atom stereocenters. The van der Waals surface area contributed by atoms with Crippen molar-refractivity contribution in [2.24, 2.45) is 0 Å². The average Bonchev–Trinajstić information content (AvgIpc) is 2.70. The highest BCUT2D eigenvalue weighted by molar-refractivity contribution is 5.94. The molecule has 0 aliphatic carbocycles. The fourth-order valence-electron chi connectivity index (χ4n) is 3.67. The van der Waals surface area contributed by atoms with E-state index in [4.69, 9.17) is 18.9 Å². The molecule has 0 bridgehead atoms. The number of carbonyl (C=O) groups is 2. The maximum atomic E-state index is 12.2. The molecule has 158 valence electrons. The minimum atomic E-state index is -0.987. The van der Waals surface area contributed by atoms with E-state index in [1.807, 2.05) is 24.3 Å². The summed E-state index contributed by atoms with van der Waals surface area (Å²) < 4.78 is 22.0. The molecule has 1 atom stereocenters. The summed E-state index contributed by atoms with van der Waals surface area (Å²) in [5, 5.41) is 2.72. The van der Waals surface area contributed by atoms with Gasteiger partial charge in [-0.1, -0.05) is 12.1 Å². The van der Waals surface area contributed by atoms with Crippen LogP contribution in [0.25, 0.3) is 11.1 Å². The van der Waals surface area contributed by atoms with Crippen LogP contribution in [0.1, 0.15) is 43.1 Å². The smallest absolute Gasteiger partial charge is 0.407 e. The lowest BCUT2D eigenvalue weighted by Crippen LogP contribution is -2.38. The number of benzene rings is 2. The topological polar surface area (TPSA) is 83.1 Å². The van der Waals surface area contributed by atoms with Gasteiger partial charge in [0.05, 0.1) is 13.2 Å². The number of hydrogen-bond acceptors (Lipinski definition) is 6. The molecule has 0 saturated heterocycles. The zero-order valence-corrected chi connectivity index (χ0v) is 17.3. The van der Waals surface area contributed by atoms with Crippen molar-refractivity contribution < 1.29 is 28.5 Å². The molecule has 2 heterocycles. The average molecular weight is 411 g/mol. The minimum absolute atomic E-state index is 0.0851. The number of esters is 1. The summed E-state index contributed by atoms with van der Waals surface area (Å²) in [6, 6.07) is 11.5. The molecule has 1 amide bonds. The number of ether oxygens (including phenoxy) is 4. The molecule has 0 fully saturated rings. The molecule has 7 nitrogen and oxygen atoms in total. The van der Waals surface area contributed by atoms with Gasteiger partial charge in [0.2, 0.25) is 5.79 Å². The van der Waals surface area contributed by atoms with Crippen LogP contribution in [0, 0.1) is 0 Å². The second-order valence-electron chi connectivity index (χ2n) is 7.80. The van der Waals surface area contributed by atoms with Crippen LogP contribution in [0.5, 0.6) is 11.5 Å². The van der Waals surface area contributed by atoms with Crippen molar-refractivity contribution in [3.63, 3.8) is 0 Å². The van der Waals surface area contributed by atoms with Gasteiger partial charge in [0.1, 0.15) is 23.2 Å². The lowest BCUT2D eigenvalue weighted by atomic mass is 9.96. The van der Waals surface area contributed by atoms with Crippen LogP contribution in [0.4, 0.5) is 4.79 Å². The molecule has 4 rings (SSSR count). The van der Waals surface area contributed by atoms with Crippen LogP contribution < -0.4 is 14.8 Å². The third-order valence-corrected chi connectivity index (χ3v) is 5.07. The van der Waals surface area contributed by atoms with Crippen LogP contribution in [0.3, 0.4) is 0 Å². The maximum absolute atomic E-state index is 12.2. The summed E-state index contributed by atoms with van der Waals surface area (Å²) in [6.07, 6.45) is 1.14. The van der Waals surface area contributed by atoms with Crippen molar-refractivity contribution >= 4 is 12.1 Å². The van der Waals surface area contributed by atoms with Crippen molar-refractivity contribution in [1.82, 2.24) is 5.32 Å². The molecule has 0 aromatic heterocycles. The SMILES string of the molecule is CCOC(=O)NC[C@@H]1CCc2cc(-c3ccc4c(c3)OC(C)(C)OC4=O)ccc2O1. The first-order valence-electron chi connectivity index (χ1n) is 10.1. The van der Waals surface area contributed by atoms with Crippen molar-refractivity contribution in [2.45, 2.75) is 45.5 Å². The first-order valence-corrected chi connectivity index (χ1v) is 10.1. The van der Waals surface area contributed by atoms with Gasteiger partial charge in [0.15, 0.2) is 0 Å². The monoisotopic (exact) mass is 411 g/mol. The number of carbonyl (C=O) groups excluding carboxylic acids is 2. The number of alkyl carbamates (subject to hydrolysis) is 1. The number of cyclic esters (lactones) is 1. The Hall–Kier alpha value is -3.22. The Labute approximate surface area is 175 Å². The maximum Gasteiger partial charge on any atom is 0.407 e. The number of aryl methyl sites for hydroxylation is 1. The summed E-state index contributed by atoms with van der Waals surface area (Å²) in [7, 11) is 0. The summed E-state index contributed by atoms with van der Waals surface area (Å²) in [5.41, 5.74) is 3.51. The Morgan fingerprint density at radius 1 is 1.13 bits per heavy atom. The van der Waals surface area contributed by atoms with E-state index in [-0.39, 0.29) is 12.1 Å². The van der Waals surface area contributed by atoms with Gasteiger partial charge < -0.3 is 24.3 Å². The second-order valence-corrected chi connectivity index (χ2v) is 7.80. The molecular formula is C23H25NO6. The molecule has 0 radical (unpaired) electrons. The van der Waals surface area contributed by atoms with Gasteiger partial charge in [-0.3, -0.25) is 0 Å². The van der Waals surface area contributed by atoms with Gasteiger partial charge in [-0.15, -0.1) is 0 Å². The lowest BCUT2D eigenvalue weighted by molar-refractivity contribution is -0.127. The molecule has 30 heavy (non-hydrogen) atoms. The summed E-state index contributed by atoms with van der Waals surface area (Å²) in [4.78, 5) is 23.6. The van der Waals surface area contributed by atoms with Crippen LogP contribution in [0.15, 0.2) is 36.4 Å². The normalized spacial score (nSPS) is 18.8. The third kappa shape index (κ3) is 4.20. The number of fused-ring (bicyclic) bond motifs is 2. The standard InChI is InChI=1S/C23H25NO6/c1-4-27-22(26)24-13-17-8-5-16-11-14(7-10-19(16)28-17)15-6-9-18-20(12-15)29-23(2,3)30-21(18)25/h6-7,9-12,17H,4-5,8,13H2,1-3H3,(H,24,26)/t17-/m0/s1. The molecule has 2 aliphatic heterocycles. The van der Waals surface area contributed by atoms with Crippen molar-refractivity contribution in [3.05, 3.63) is 47.5 Å². The minimum Gasteiger partial charge on any atom is -0.488 e. The van der Waals surface area contributed by atoms with Gasteiger partial charge in [0, 0.05) is 13.8 Å². The van der Waals surface area contributed by atoms with Gasteiger partial charge >= 0.3 is 12.1 Å². The summed E-state index contributed by atoms with van der Waals surface area (Å²) in [6.45, 7) is 5.95. The molecule has 7 heteroatoms. The fourth-order valence-corrected chi connectivity index (χ4v) is 3.67. The van der Waals surface area contributed by atoms with E-state index in [0.29, 0.717) is 24.5 Å². The Balaban J connectivity index is 1.49. The highest BCUT2D eigenvalue weighted by Gasteiger charge is 2.34. The van der Waals surface area contributed by atoms with Crippen molar-refractivity contribution in [2.75, 3.05) is 13.2 Å². The fraction of sp³-hybridized carbons (Fsp3) is 0.391. The number of hydrogen-bond donors (Lipinski definition) is 1. The van der Waals surface area contributed by atoms with E-state index < -0.39 is 11.9 Å². The first kappa shape index (κ1) is 20.1. The number of rotatable bonds is 4. The van der Waals surface area contributed by atoms with E-state index in [0.717, 1.165) is 35.3 Å². The second kappa shape index (κ2) is 7.89. The Morgan fingerprint density at radius 2 is 1.90 bits per heavy atom. The zero-order chi connectivity index (χ0) is 21.3. The largest absolute Gasteiger partial charge is 0.488 e. The predicted molar refractivity (Wildman–Crippen MR) is 110 cm³/mol. The van der Waals surface area contributed by atoms with Crippen molar-refractivity contribution in [3.8, 4) is 22.6 Å². The van der Waals surface area contributed by atoms with E-state index in [2.05, 4.69) is 11.4 Å². The quantitative estimate of drug-likeness (QED) is 0.764. The van der Waals surface area contributed by atoms with E-state index >= 15 is 0 Å². The van der Waals surface area contributed by atoms with Gasteiger partial charge in [0.25, 0.3) is 0 Å².